The van der Waals surface area contributed by atoms with E-state index in [0.717, 1.165) is 37.0 Å². The van der Waals surface area contributed by atoms with Crippen molar-refractivity contribution in [3.8, 4) is 0 Å². The van der Waals surface area contributed by atoms with Gasteiger partial charge >= 0.3 is 0 Å². The first-order valence-corrected chi connectivity index (χ1v) is 14.4. The number of likely N-dealkylation sites (N-methyl/N-ethyl adjacent to an activating group) is 1. The van der Waals surface area contributed by atoms with Crippen LogP contribution in [0.5, 0.6) is 0 Å². The van der Waals surface area contributed by atoms with Crippen LogP contribution in [0.1, 0.15) is 137 Å². The van der Waals surface area contributed by atoms with E-state index in [1.807, 2.05) is 0 Å². The third-order valence-electron chi connectivity index (χ3n) is 7.45. The fraction of sp³-hybridized carbons (Fsp3) is 0.862. The highest BCUT2D eigenvalue weighted by Crippen LogP contribution is 2.22. The molecule has 0 aliphatic carbocycles. The molecule has 0 bridgehead atoms. The van der Waals surface area contributed by atoms with E-state index >= 15 is 0 Å². The lowest BCUT2D eigenvalue weighted by Gasteiger charge is -2.39. The summed E-state index contributed by atoms with van der Waals surface area (Å²) in [4.78, 5) is 16.3. The molecule has 0 saturated heterocycles. The van der Waals surface area contributed by atoms with Crippen molar-refractivity contribution >= 4 is 11.7 Å². The van der Waals surface area contributed by atoms with Gasteiger partial charge in [-0.15, -0.1) is 0 Å². The highest BCUT2D eigenvalue weighted by molar-refractivity contribution is 5.78. The van der Waals surface area contributed by atoms with E-state index in [1.165, 1.54) is 102 Å². The Bertz CT molecular complexity index is 557. The molecule has 0 spiro atoms. The van der Waals surface area contributed by atoms with Crippen molar-refractivity contribution in [3.63, 3.8) is 0 Å². The summed E-state index contributed by atoms with van der Waals surface area (Å²) >= 11 is 0. The second kappa shape index (κ2) is 19.2. The predicted octanol–water partition coefficient (Wildman–Crippen LogP) is 7.93. The van der Waals surface area contributed by atoms with Crippen LogP contribution >= 0.6 is 0 Å². The molecule has 2 unspecified atom stereocenters. The molecule has 1 heterocycles. The molecular weight excluding hydrogens is 406 g/mol. The molecular formula is C29H56N3O+. The zero-order chi connectivity index (χ0) is 24.2. The number of allylic oxidation sites excluding steroid dienone is 2. The molecule has 4 heteroatoms. The Balaban J connectivity index is 2.00. The van der Waals surface area contributed by atoms with Gasteiger partial charge in [-0.1, -0.05) is 103 Å². The van der Waals surface area contributed by atoms with Gasteiger partial charge in [-0.05, 0) is 26.2 Å². The second-order valence-electron chi connectivity index (χ2n) is 10.1. The van der Waals surface area contributed by atoms with E-state index in [4.69, 9.17) is 4.99 Å². The van der Waals surface area contributed by atoms with E-state index in [2.05, 4.69) is 38.2 Å². The fourth-order valence-corrected chi connectivity index (χ4v) is 5.28. The van der Waals surface area contributed by atoms with Gasteiger partial charge in [0.2, 0.25) is 5.91 Å². The van der Waals surface area contributed by atoms with Crippen molar-refractivity contribution in [2.24, 2.45) is 4.99 Å². The Labute approximate surface area is 206 Å². The van der Waals surface area contributed by atoms with E-state index in [-0.39, 0.29) is 12.1 Å². The quantitative estimate of drug-likeness (QED) is 0.105. The summed E-state index contributed by atoms with van der Waals surface area (Å²) in [6.07, 6.45) is 28.0. The number of nitrogens with zero attached hydrogens (tertiary/aromatic N) is 2. The molecule has 1 amide bonds. The molecule has 33 heavy (non-hydrogen) atoms. The van der Waals surface area contributed by atoms with Gasteiger partial charge in [0.05, 0.1) is 13.1 Å². The number of nitrogens with one attached hydrogen (secondary N) is 1. The average Bonchev–Trinajstić information content (AvgIpc) is 3.22. The Hall–Kier alpha value is -1.16. The van der Waals surface area contributed by atoms with Gasteiger partial charge in [-0.3, -0.25) is 9.28 Å². The van der Waals surface area contributed by atoms with Gasteiger partial charge in [-0.25, -0.2) is 4.99 Å². The van der Waals surface area contributed by atoms with E-state index in [9.17, 15) is 4.79 Å². The minimum atomic E-state index is 0.0489. The van der Waals surface area contributed by atoms with E-state index in [0.29, 0.717) is 0 Å². The van der Waals surface area contributed by atoms with Crippen molar-refractivity contribution < 1.29 is 9.28 Å². The molecule has 2 atom stereocenters. The number of aliphatic imine (C=N–C) groups is 1. The Kier molecular flexibility index (Phi) is 17.4. The van der Waals surface area contributed by atoms with Crippen LogP contribution in [-0.4, -0.2) is 42.0 Å². The minimum Gasteiger partial charge on any atom is -0.307 e. The van der Waals surface area contributed by atoms with Crippen LogP contribution in [0.25, 0.3) is 0 Å². The fourth-order valence-electron chi connectivity index (χ4n) is 5.28. The van der Waals surface area contributed by atoms with Crippen molar-refractivity contribution in [3.05, 3.63) is 12.2 Å². The number of carbonyl (C=O) groups excluding carboxylic acids is 1. The molecule has 0 saturated carbocycles. The van der Waals surface area contributed by atoms with E-state index in [1.54, 1.807) is 6.92 Å². The van der Waals surface area contributed by atoms with Crippen LogP contribution in [0.2, 0.25) is 0 Å². The maximum absolute atomic E-state index is 11.5. The molecule has 1 aliphatic heterocycles. The highest BCUT2D eigenvalue weighted by atomic mass is 16.1. The number of hydrogen-bond donors (Lipinski definition) is 1. The van der Waals surface area contributed by atoms with Gasteiger partial charge < -0.3 is 5.32 Å². The van der Waals surface area contributed by atoms with Gasteiger partial charge in [0.1, 0.15) is 6.54 Å². The number of carbonyl (C=O) groups is 1. The third kappa shape index (κ3) is 12.8. The molecule has 1 aliphatic rings. The number of quaternary nitrogens is 1. The van der Waals surface area contributed by atoms with Gasteiger partial charge in [0.25, 0.3) is 0 Å². The van der Waals surface area contributed by atoms with Gasteiger partial charge in [-0.2, -0.15) is 0 Å². The predicted molar refractivity (Wildman–Crippen MR) is 145 cm³/mol. The molecule has 0 radical (unpaired) electrons. The summed E-state index contributed by atoms with van der Waals surface area (Å²) in [6, 6.07) is 0. The summed E-state index contributed by atoms with van der Waals surface area (Å²) in [5.41, 5.74) is 0. The molecule has 0 aromatic rings. The first-order chi connectivity index (χ1) is 16.1. The Morgan fingerprint density at radius 3 is 1.91 bits per heavy atom. The summed E-state index contributed by atoms with van der Waals surface area (Å²) < 4.78 is 0.826. The lowest BCUT2D eigenvalue weighted by atomic mass is 10.0. The largest absolute Gasteiger partial charge is 0.307 e. The van der Waals surface area contributed by atoms with Crippen LogP contribution in [-0.2, 0) is 4.79 Å². The third-order valence-corrected chi connectivity index (χ3v) is 7.45. The van der Waals surface area contributed by atoms with Gasteiger partial charge in [0, 0.05) is 20.3 Å². The number of amides is 1. The minimum absolute atomic E-state index is 0.0489. The van der Waals surface area contributed by atoms with Crippen LogP contribution in [0.15, 0.2) is 17.1 Å². The first kappa shape index (κ1) is 29.9. The zero-order valence-electron chi connectivity index (χ0n) is 22.7. The highest BCUT2D eigenvalue weighted by Gasteiger charge is 2.41. The first-order valence-electron chi connectivity index (χ1n) is 14.4. The molecule has 0 fully saturated rings. The van der Waals surface area contributed by atoms with E-state index < -0.39 is 0 Å². The van der Waals surface area contributed by atoms with Crippen molar-refractivity contribution in [2.45, 2.75) is 143 Å². The number of unbranched alkanes of at least 4 members (excludes halogenated alkanes) is 14. The smallest absolute Gasteiger partial charge is 0.221 e. The molecule has 0 aromatic carbocycles. The Morgan fingerprint density at radius 2 is 1.39 bits per heavy atom. The molecule has 1 rings (SSSR count). The Morgan fingerprint density at radius 1 is 0.879 bits per heavy atom. The number of amidine groups is 1. The van der Waals surface area contributed by atoms with Gasteiger partial charge in [0.15, 0.2) is 12.0 Å². The van der Waals surface area contributed by atoms with Crippen LogP contribution in [0.3, 0.4) is 0 Å². The molecule has 1 N–H and O–H groups in total. The summed E-state index contributed by atoms with van der Waals surface area (Å²) in [5.74, 6) is 1.31. The molecule has 4 nitrogen and oxygen atoms in total. The zero-order valence-corrected chi connectivity index (χ0v) is 22.7. The lowest BCUT2D eigenvalue weighted by molar-refractivity contribution is -0.861. The monoisotopic (exact) mass is 462 g/mol. The number of hydrogen-bond acceptors (Lipinski definition) is 2. The summed E-state index contributed by atoms with van der Waals surface area (Å²) in [7, 11) is 0. The maximum Gasteiger partial charge on any atom is 0.221 e. The topological polar surface area (TPSA) is 41.5 Å². The number of rotatable bonds is 21. The average molecular weight is 463 g/mol. The van der Waals surface area contributed by atoms with Crippen LogP contribution in [0, 0.1) is 0 Å². The molecule has 192 valence electrons. The standard InChI is InChI=1S/C29H55N3O/c1-5-7-8-9-10-11-12-13-14-15-16-17-18-19-20-21-22-23-24-29-30-25-26-32(29,6-2)27(3)31-28(4)33/h21-22,27H,5-20,23-26H2,1-4H3/p+1/b22-21+. The lowest BCUT2D eigenvalue weighted by Crippen LogP contribution is -2.62. The SMILES string of the molecule is CCCCCCCCCCCCCCCC/C=C/CCC1=NCC[N+]1(CC)C(C)NC(C)=O. The summed E-state index contributed by atoms with van der Waals surface area (Å²) in [5, 5.41) is 3.10. The van der Waals surface area contributed by atoms with Crippen molar-refractivity contribution in [1.82, 2.24) is 5.32 Å². The second-order valence-corrected chi connectivity index (χ2v) is 10.1. The molecule has 0 aromatic heterocycles. The van der Waals surface area contributed by atoms with Crippen molar-refractivity contribution in [2.75, 3.05) is 19.6 Å². The van der Waals surface area contributed by atoms with Crippen molar-refractivity contribution in [1.29, 1.82) is 0 Å². The summed E-state index contributed by atoms with van der Waals surface area (Å²) in [6.45, 7) is 11.1. The van der Waals surface area contributed by atoms with Crippen LogP contribution < -0.4 is 5.32 Å². The maximum atomic E-state index is 11.5. The normalized spacial score (nSPS) is 19.2. The van der Waals surface area contributed by atoms with Crippen LogP contribution in [0.4, 0.5) is 0 Å².